The van der Waals surface area contributed by atoms with Crippen LogP contribution in [0.4, 0.5) is 5.95 Å². The molecular formula is C25H30N8O2. The van der Waals surface area contributed by atoms with E-state index in [9.17, 15) is 4.79 Å². The maximum Gasteiger partial charge on any atom is 0.255 e. The summed E-state index contributed by atoms with van der Waals surface area (Å²) in [6.07, 6.45) is 11.5. The number of rotatable bonds is 6. The summed E-state index contributed by atoms with van der Waals surface area (Å²) in [6.45, 7) is 2.00. The summed E-state index contributed by atoms with van der Waals surface area (Å²) in [6, 6.07) is 4.54. The van der Waals surface area contributed by atoms with E-state index in [0.29, 0.717) is 23.7 Å². The van der Waals surface area contributed by atoms with Crippen LogP contribution in [0.25, 0.3) is 27.7 Å². The molecule has 0 aromatic carbocycles. The molecule has 4 aromatic rings. The quantitative estimate of drug-likeness (QED) is 0.394. The second-order valence-corrected chi connectivity index (χ2v) is 9.68. The zero-order valence-corrected chi connectivity index (χ0v) is 20.0. The third-order valence-electron chi connectivity index (χ3n) is 7.32. The number of H-pyrrole nitrogens is 1. The first kappa shape index (κ1) is 22.0. The van der Waals surface area contributed by atoms with Gasteiger partial charge < -0.3 is 25.3 Å². The Kier molecular flexibility index (Phi) is 5.62. The highest BCUT2D eigenvalue weighted by Crippen LogP contribution is 2.30. The molecule has 2 aliphatic rings. The van der Waals surface area contributed by atoms with Crippen molar-refractivity contribution in [1.82, 2.24) is 34.8 Å². The van der Waals surface area contributed by atoms with E-state index in [0.717, 1.165) is 66.4 Å². The Morgan fingerprint density at radius 2 is 2.03 bits per heavy atom. The highest BCUT2D eigenvalue weighted by molar-refractivity contribution is 6.02. The number of hydrogen-bond donors (Lipinski definition) is 3. The molecule has 0 bridgehead atoms. The third kappa shape index (κ3) is 4.23. The lowest BCUT2D eigenvalue weighted by Crippen LogP contribution is -2.43. The third-order valence-corrected chi connectivity index (χ3v) is 7.32. The smallest absolute Gasteiger partial charge is 0.255 e. The van der Waals surface area contributed by atoms with E-state index < -0.39 is 0 Å². The lowest BCUT2D eigenvalue weighted by molar-refractivity contribution is 0.0327. The molecule has 1 aliphatic carbocycles. The largest absolute Gasteiger partial charge is 0.381 e. The lowest BCUT2D eigenvalue weighted by Gasteiger charge is -2.34. The molecular weight excluding hydrogens is 444 g/mol. The van der Waals surface area contributed by atoms with Gasteiger partial charge in [0.1, 0.15) is 5.65 Å². The Labute approximate surface area is 203 Å². The topological polar surface area (TPSA) is 112 Å². The van der Waals surface area contributed by atoms with E-state index >= 15 is 0 Å². The summed E-state index contributed by atoms with van der Waals surface area (Å²) in [5, 5.41) is 11.9. The molecule has 0 radical (unpaired) electrons. The molecule has 10 nitrogen and oxygen atoms in total. The van der Waals surface area contributed by atoms with Crippen molar-refractivity contribution >= 4 is 28.4 Å². The van der Waals surface area contributed by atoms with Gasteiger partial charge in [-0.05, 0) is 63.5 Å². The Balaban J connectivity index is 1.23. The van der Waals surface area contributed by atoms with Gasteiger partial charge in [-0.2, -0.15) is 10.1 Å². The Hall–Kier alpha value is -3.50. The molecule has 0 spiro atoms. The van der Waals surface area contributed by atoms with Crippen LogP contribution >= 0.6 is 0 Å². The summed E-state index contributed by atoms with van der Waals surface area (Å²) in [4.78, 5) is 27.8. The van der Waals surface area contributed by atoms with Crippen molar-refractivity contribution in [2.45, 2.75) is 43.9 Å². The fourth-order valence-corrected chi connectivity index (χ4v) is 5.01. The second-order valence-electron chi connectivity index (χ2n) is 9.68. The molecule has 3 N–H and O–H groups in total. The van der Waals surface area contributed by atoms with E-state index in [1.165, 1.54) is 0 Å². The molecule has 2 fully saturated rings. The molecule has 5 heterocycles. The van der Waals surface area contributed by atoms with Crippen molar-refractivity contribution in [2.75, 3.05) is 32.6 Å². The number of fused-ring (bicyclic) bond motifs is 2. The number of nitrogens with zero attached hydrogens (tertiary/aromatic N) is 5. The zero-order chi connectivity index (χ0) is 23.9. The van der Waals surface area contributed by atoms with Crippen LogP contribution in [-0.2, 0) is 4.74 Å². The molecule has 1 saturated heterocycles. The minimum Gasteiger partial charge on any atom is -0.381 e. The van der Waals surface area contributed by atoms with Gasteiger partial charge in [-0.1, -0.05) is 0 Å². The number of carbonyl (C=O) groups is 1. The van der Waals surface area contributed by atoms with Crippen molar-refractivity contribution in [3.05, 3.63) is 42.5 Å². The zero-order valence-electron chi connectivity index (χ0n) is 20.0. The number of likely N-dealkylation sites (tertiary alicyclic amines) is 1. The van der Waals surface area contributed by atoms with Gasteiger partial charge >= 0.3 is 0 Å². The predicted octanol–water partition coefficient (Wildman–Crippen LogP) is 2.69. The van der Waals surface area contributed by atoms with E-state index in [1.807, 2.05) is 30.7 Å². The minimum atomic E-state index is -0.0728. The molecule has 10 heteroatoms. The molecule has 182 valence electrons. The van der Waals surface area contributed by atoms with Crippen molar-refractivity contribution in [3.63, 3.8) is 0 Å². The van der Waals surface area contributed by atoms with E-state index in [4.69, 9.17) is 4.74 Å². The van der Waals surface area contributed by atoms with Gasteiger partial charge in [-0.3, -0.25) is 4.79 Å². The van der Waals surface area contributed by atoms with Crippen LogP contribution in [0.2, 0.25) is 0 Å². The Bertz CT molecular complexity index is 1360. The number of nitrogens with one attached hydrogen (secondary N) is 3. The second kappa shape index (κ2) is 8.94. The highest BCUT2D eigenvalue weighted by Gasteiger charge is 2.29. The molecule has 1 saturated carbocycles. The van der Waals surface area contributed by atoms with Crippen LogP contribution in [0.15, 0.2) is 36.9 Å². The van der Waals surface area contributed by atoms with Crippen LogP contribution in [0.5, 0.6) is 0 Å². The van der Waals surface area contributed by atoms with Gasteiger partial charge in [0.15, 0.2) is 0 Å². The van der Waals surface area contributed by atoms with Crippen LogP contribution in [0, 0.1) is 0 Å². The standard InChI is InChI=1S/C25H30N8O2/c1-32-6-4-16(5-7-32)29-24(34)21-14-28-33-8-3-15(9-22(21)33)19-12-26-23-20(19)13-27-25(31-23)30-17-10-18(11-17)35-2/h3,8-9,12-14,16-18H,4-7,10-11H2,1-2H3,(H,29,34)(H2,26,27,30,31)/t17-,18+. The SMILES string of the molecule is CO[C@H]1C[C@@H](Nc2ncc3c(-c4ccn5ncc(C(=O)NC6CCN(C)CC6)c5c4)c[nH]c3n2)C1. The summed E-state index contributed by atoms with van der Waals surface area (Å²) in [5.74, 6) is 0.543. The van der Waals surface area contributed by atoms with Crippen LogP contribution in [-0.4, -0.2) is 80.8 Å². The summed E-state index contributed by atoms with van der Waals surface area (Å²) in [5.41, 5.74) is 4.10. The van der Waals surface area contributed by atoms with Gasteiger partial charge in [0.05, 0.1) is 23.4 Å². The number of methoxy groups -OCH3 is 1. The number of amides is 1. The number of carbonyl (C=O) groups excluding carboxylic acids is 1. The molecule has 35 heavy (non-hydrogen) atoms. The number of hydrogen-bond acceptors (Lipinski definition) is 7. The van der Waals surface area contributed by atoms with E-state index in [2.05, 4.69) is 42.6 Å². The molecule has 6 rings (SSSR count). The maximum atomic E-state index is 13.1. The summed E-state index contributed by atoms with van der Waals surface area (Å²) >= 11 is 0. The van der Waals surface area contributed by atoms with Gasteiger partial charge in [0.2, 0.25) is 5.95 Å². The van der Waals surface area contributed by atoms with Crippen molar-refractivity contribution in [1.29, 1.82) is 0 Å². The number of aromatic amines is 1. The average Bonchev–Trinajstić information content (AvgIpc) is 3.46. The number of pyridine rings is 1. The summed E-state index contributed by atoms with van der Waals surface area (Å²) < 4.78 is 7.09. The normalized spacial score (nSPS) is 21.3. The first-order valence-electron chi connectivity index (χ1n) is 12.2. The van der Waals surface area contributed by atoms with Gasteiger partial charge in [0, 0.05) is 48.7 Å². The molecule has 4 aromatic heterocycles. The maximum absolute atomic E-state index is 13.1. The predicted molar refractivity (Wildman–Crippen MR) is 134 cm³/mol. The number of anilines is 1. The van der Waals surface area contributed by atoms with Crippen LogP contribution in [0.3, 0.4) is 0 Å². The molecule has 0 unspecified atom stereocenters. The highest BCUT2D eigenvalue weighted by atomic mass is 16.5. The number of aromatic nitrogens is 5. The fourth-order valence-electron chi connectivity index (χ4n) is 5.01. The van der Waals surface area contributed by atoms with Gasteiger partial charge in [-0.25, -0.2) is 9.50 Å². The summed E-state index contributed by atoms with van der Waals surface area (Å²) in [7, 11) is 3.86. The average molecular weight is 475 g/mol. The first-order valence-corrected chi connectivity index (χ1v) is 12.2. The van der Waals surface area contributed by atoms with Gasteiger partial charge in [-0.15, -0.1) is 0 Å². The van der Waals surface area contributed by atoms with E-state index in [-0.39, 0.29) is 11.9 Å². The van der Waals surface area contributed by atoms with Crippen LogP contribution < -0.4 is 10.6 Å². The molecule has 1 aliphatic heterocycles. The number of piperidine rings is 1. The lowest BCUT2D eigenvalue weighted by atomic mass is 9.89. The molecule has 0 atom stereocenters. The minimum absolute atomic E-state index is 0.0728. The van der Waals surface area contributed by atoms with Crippen LogP contribution in [0.1, 0.15) is 36.0 Å². The monoisotopic (exact) mass is 474 g/mol. The van der Waals surface area contributed by atoms with Crippen molar-refractivity contribution in [3.8, 4) is 11.1 Å². The Morgan fingerprint density at radius 3 is 2.83 bits per heavy atom. The van der Waals surface area contributed by atoms with Crippen molar-refractivity contribution in [2.24, 2.45) is 0 Å². The number of ether oxygens (including phenoxy) is 1. The van der Waals surface area contributed by atoms with Crippen molar-refractivity contribution < 1.29 is 9.53 Å². The van der Waals surface area contributed by atoms with E-state index in [1.54, 1.807) is 17.8 Å². The molecule has 1 amide bonds. The first-order chi connectivity index (χ1) is 17.1. The Morgan fingerprint density at radius 1 is 1.20 bits per heavy atom. The van der Waals surface area contributed by atoms with Gasteiger partial charge in [0.25, 0.3) is 5.91 Å². The fraction of sp³-hybridized carbons (Fsp3) is 0.440.